The van der Waals surface area contributed by atoms with E-state index in [9.17, 15) is 24.3 Å². The van der Waals surface area contributed by atoms with Gasteiger partial charge in [0, 0.05) is 72.9 Å². The first-order chi connectivity index (χ1) is 29.7. The first-order valence-electron chi connectivity index (χ1n) is 21.0. The molecule has 15 nitrogen and oxygen atoms in total. The average molecular weight is 890 g/mol. The molecule has 2 aromatic carbocycles. The van der Waals surface area contributed by atoms with Crippen LogP contribution in [0.1, 0.15) is 79.2 Å². The Morgan fingerprint density at radius 2 is 1.74 bits per heavy atom. The van der Waals surface area contributed by atoms with Crippen LogP contribution in [0.3, 0.4) is 0 Å². The number of aromatic nitrogens is 2. The molecule has 0 radical (unpaired) electrons. The number of carbonyl (C=O) groups excluding carboxylic acids is 3. The summed E-state index contributed by atoms with van der Waals surface area (Å²) in [6, 6.07) is 14.7. The zero-order valence-corrected chi connectivity index (χ0v) is 37.7. The third-order valence-electron chi connectivity index (χ3n) is 11.2. The van der Waals surface area contributed by atoms with Gasteiger partial charge < -0.3 is 43.6 Å². The second kappa shape index (κ2) is 19.5. The molecule has 0 aliphatic carbocycles. The van der Waals surface area contributed by atoms with Crippen molar-refractivity contribution >= 4 is 50.5 Å². The number of aliphatic hydroxyl groups is 1. The lowest BCUT2D eigenvalue weighted by molar-refractivity contribution is -0.310. The number of rotatable bonds is 16. The lowest BCUT2D eigenvalue weighted by Crippen LogP contribution is -2.48. The zero-order chi connectivity index (χ0) is 44.2. The molecule has 332 valence electrons. The van der Waals surface area contributed by atoms with Gasteiger partial charge in [-0.25, -0.2) is 14.6 Å². The Labute approximate surface area is 369 Å². The van der Waals surface area contributed by atoms with Gasteiger partial charge in [0.15, 0.2) is 5.60 Å². The summed E-state index contributed by atoms with van der Waals surface area (Å²) in [5, 5.41) is 14.7. The summed E-state index contributed by atoms with van der Waals surface area (Å²) in [6.45, 7) is 12.9. The number of piperazine rings is 1. The zero-order valence-electron chi connectivity index (χ0n) is 36.1. The van der Waals surface area contributed by atoms with Gasteiger partial charge in [0.05, 0.1) is 35.6 Å². The van der Waals surface area contributed by atoms with E-state index in [1.807, 2.05) is 31.2 Å². The number of benzene rings is 2. The van der Waals surface area contributed by atoms with Crippen LogP contribution < -0.4 is 15.6 Å². The van der Waals surface area contributed by atoms with Crippen molar-refractivity contribution in [3.8, 4) is 17.1 Å². The maximum atomic E-state index is 14.2. The van der Waals surface area contributed by atoms with E-state index in [0.717, 1.165) is 49.2 Å². The van der Waals surface area contributed by atoms with E-state index >= 15 is 0 Å². The summed E-state index contributed by atoms with van der Waals surface area (Å²) in [6.07, 6.45) is -0.158. The number of ether oxygens (including phenoxy) is 5. The van der Waals surface area contributed by atoms with Crippen molar-refractivity contribution in [1.29, 1.82) is 0 Å². The Hall–Kier alpha value is -4.49. The maximum Gasteiger partial charge on any atom is 0.514 e. The van der Waals surface area contributed by atoms with Crippen LogP contribution in [0.15, 0.2) is 53.3 Å². The van der Waals surface area contributed by atoms with E-state index in [1.54, 1.807) is 67.3 Å². The highest BCUT2D eigenvalue weighted by Gasteiger charge is 2.50. The Kier molecular flexibility index (Phi) is 14.3. The topological polar surface area (TPSA) is 171 Å². The number of aliphatic hydroxyl groups excluding tert-OH is 1. The van der Waals surface area contributed by atoms with Gasteiger partial charge in [0.2, 0.25) is 0 Å². The van der Waals surface area contributed by atoms with Gasteiger partial charge in [-0.2, -0.15) is 0 Å². The lowest BCUT2D eigenvalue weighted by atomic mass is 9.85. The largest absolute Gasteiger partial charge is 0.514 e. The van der Waals surface area contributed by atoms with E-state index in [0.29, 0.717) is 58.3 Å². The third kappa shape index (κ3) is 10.1. The van der Waals surface area contributed by atoms with Crippen LogP contribution in [0.2, 0.25) is 0 Å². The number of carbonyl (C=O) groups is 3. The second-order valence-electron chi connectivity index (χ2n) is 16.6. The summed E-state index contributed by atoms with van der Waals surface area (Å²) >= 11 is 0. The number of esters is 1. The number of hydrogen-bond acceptors (Lipinski definition) is 15. The van der Waals surface area contributed by atoms with E-state index in [4.69, 9.17) is 28.7 Å². The van der Waals surface area contributed by atoms with Crippen molar-refractivity contribution in [1.82, 2.24) is 24.7 Å². The molecular weight excluding hydrogens is 835 g/mol. The third-order valence-corrected chi connectivity index (χ3v) is 13.6. The lowest BCUT2D eigenvalue weighted by Gasteiger charge is -2.37. The first-order valence-corrected chi connectivity index (χ1v) is 23.5. The summed E-state index contributed by atoms with van der Waals surface area (Å²) in [5.41, 5.74) is 3.02. The molecule has 17 heteroatoms. The number of hydrogen-bond donors (Lipinski definition) is 2. The molecule has 1 saturated heterocycles. The van der Waals surface area contributed by atoms with Gasteiger partial charge in [0.25, 0.3) is 17.9 Å². The summed E-state index contributed by atoms with van der Waals surface area (Å²) in [4.78, 5) is 62.5. The average Bonchev–Trinajstić information content (AvgIpc) is 3.60. The predicted molar refractivity (Wildman–Crippen MR) is 238 cm³/mol. The van der Waals surface area contributed by atoms with Crippen LogP contribution in [0, 0.1) is 0 Å². The quantitative estimate of drug-likeness (QED) is 0.0399. The molecule has 1 amide bonds. The molecular formula is C45H55N5O10S2. The minimum absolute atomic E-state index is 0.0534. The normalized spacial score (nSPS) is 18.1. The predicted octanol–water partition coefficient (Wildman–Crippen LogP) is 5.83. The van der Waals surface area contributed by atoms with Crippen molar-refractivity contribution < 1.29 is 43.2 Å². The van der Waals surface area contributed by atoms with Crippen molar-refractivity contribution in [3.05, 3.63) is 92.3 Å². The number of likely N-dealkylation sites (N-methyl/N-ethyl adjacent to an activating group) is 1. The highest BCUT2D eigenvalue weighted by Crippen LogP contribution is 2.43. The van der Waals surface area contributed by atoms with E-state index in [1.165, 1.54) is 16.4 Å². The van der Waals surface area contributed by atoms with Gasteiger partial charge >= 0.3 is 12.1 Å². The first kappa shape index (κ1) is 45.5. The summed E-state index contributed by atoms with van der Waals surface area (Å²) < 4.78 is 29.5. The fourth-order valence-electron chi connectivity index (χ4n) is 8.00. The Bertz CT molecular complexity index is 2360. The molecule has 2 atom stereocenters. The van der Waals surface area contributed by atoms with Crippen LogP contribution in [0.5, 0.6) is 5.75 Å². The van der Waals surface area contributed by atoms with Crippen LogP contribution in [-0.4, -0.2) is 112 Å². The van der Waals surface area contributed by atoms with Crippen molar-refractivity contribution in [3.63, 3.8) is 0 Å². The Balaban J connectivity index is 0.939. The fraction of sp³-hybridized carbons (Fsp3) is 0.489. The summed E-state index contributed by atoms with van der Waals surface area (Å²) in [5.74, 6) is 0.612. The highest BCUT2D eigenvalue weighted by molar-refractivity contribution is 8.76. The standard InChI is InChI=1S/C45H55N5O10S2/c1-7-31-32-23-30(58-43(55)59-44(3,4)5)13-14-36(32)47-38-33(31)26-50-37(38)24-35-34(40(50)52)27-57-41(53)45(35,8-2)60-42(54)56-20-22-62-61-21-15-46-39(51)29-11-9-28(10-12-29)25-49-18-16-48(6)17-19-49/h9-14,23-24,42,54H,7-8,15-22,25-27H2,1-6H3,(H,46,51)/t42?,45-/m0/s1. The minimum atomic E-state index is -1.81. The molecule has 4 aromatic rings. The smallest absolute Gasteiger partial charge is 0.458 e. The molecule has 1 unspecified atom stereocenters. The Morgan fingerprint density at radius 1 is 1.00 bits per heavy atom. The number of aryl methyl sites for hydroxylation is 1. The fourth-order valence-corrected chi connectivity index (χ4v) is 9.75. The minimum Gasteiger partial charge on any atom is -0.458 e. The van der Waals surface area contributed by atoms with E-state index < -0.39 is 29.8 Å². The molecule has 0 saturated carbocycles. The van der Waals surface area contributed by atoms with Crippen LogP contribution in [0.4, 0.5) is 4.79 Å². The van der Waals surface area contributed by atoms with Crippen LogP contribution >= 0.6 is 21.6 Å². The second-order valence-corrected chi connectivity index (χ2v) is 19.3. The molecule has 2 aromatic heterocycles. The molecule has 2 N–H and O–H groups in total. The molecule has 1 fully saturated rings. The Morgan fingerprint density at radius 3 is 2.45 bits per heavy atom. The SMILES string of the molecule is CCc1c2c(nc3ccc(OC(=O)OC(C)(C)C)cc13)-c1cc3c(c(=O)n1C2)COC(=O)[C@@]3(CC)OC(O)OCCSSCCNC(=O)c1ccc(CN2CCN(C)CC2)cc1. The molecule has 0 bridgehead atoms. The van der Waals surface area contributed by atoms with Gasteiger partial charge in [-0.3, -0.25) is 14.5 Å². The molecule has 5 heterocycles. The van der Waals surface area contributed by atoms with Crippen LogP contribution in [-0.2, 0) is 55.5 Å². The van der Waals surface area contributed by atoms with Gasteiger partial charge in [0.1, 0.15) is 18.0 Å². The molecule has 3 aliphatic rings. The molecule has 3 aliphatic heterocycles. The number of nitrogens with zero attached hydrogens (tertiary/aromatic N) is 4. The molecule has 0 spiro atoms. The molecule has 62 heavy (non-hydrogen) atoms. The number of fused-ring (bicyclic) bond motifs is 5. The van der Waals surface area contributed by atoms with Crippen LogP contribution in [0.25, 0.3) is 22.3 Å². The van der Waals surface area contributed by atoms with Gasteiger partial charge in [-0.1, -0.05) is 47.6 Å². The van der Waals surface area contributed by atoms with Crippen molar-refractivity contribution in [2.75, 3.05) is 57.9 Å². The monoisotopic (exact) mass is 889 g/mol. The number of cyclic esters (lactones) is 1. The van der Waals surface area contributed by atoms with E-state index in [2.05, 4.69) is 22.2 Å². The number of pyridine rings is 2. The highest BCUT2D eigenvalue weighted by atomic mass is 33.1. The maximum absolute atomic E-state index is 14.2. The summed E-state index contributed by atoms with van der Waals surface area (Å²) in [7, 11) is 5.21. The number of amides is 1. The number of nitrogens with one attached hydrogen (secondary N) is 1. The molecule has 7 rings (SSSR count). The van der Waals surface area contributed by atoms with Gasteiger partial charge in [-0.15, -0.1) is 0 Å². The van der Waals surface area contributed by atoms with Gasteiger partial charge in [-0.05, 0) is 88.2 Å². The van der Waals surface area contributed by atoms with Crippen molar-refractivity contribution in [2.24, 2.45) is 0 Å². The van der Waals surface area contributed by atoms with Crippen molar-refractivity contribution in [2.45, 2.75) is 84.8 Å². The van der Waals surface area contributed by atoms with E-state index in [-0.39, 0.29) is 43.2 Å².